The van der Waals surface area contributed by atoms with Crippen LogP contribution in [-0.2, 0) is 4.74 Å². The molecule has 14 heavy (non-hydrogen) atoms. The first kappa shape index (κ1) is 10.3. The predicted molar refractivity (Wildman–Crippen MR) is 59.7 cm³/mol. The topological polar surface area (TPSA) is 47.0 Å². The van der Waals surface area contributed by atoms with Crippen molar-refractivity contribution in [3.05, 3.63) is 3.92 Å². The number of anilines is 1. The van der Waals surface area contributed by atoms with Crippen molar-refractivity contribution in [2.75, 3.05) is 11.9 Å². The Balaban J connectivity index is 1.90. The van der Waals surface area contributed by atoms with Crippen LogP contribution < -0.4 is 5.32 Å². The third kappa shape index (κ3) is 2.43. The van der Waals surface area contributed by atoms with E-state index in [2.05, 4.69) is 38.4 Å². The van der Waals surface area contributed by atoms with Crippen molar-refractivity contribution >= 4 is 32.4 Å². The molecule has 1 N–H and O–H groups in total. The van der Waals surface area contributed by atoms with Crippen molar-refractivity contribution < 1.29 is 4.74 Å². The van der Waals surface area contributed by atoms with Crippen LogP contribution >= 0.6 is 27.3 Å². The molecule has 2 heterocycles. The molecule has 1 fully saturated rings. The zero-order valence-corrected chi connectivity index (χ0v) is 10.3. The minimum Gasteiger partial charge on any atom is -0.376 e. The highest BCUT2D eigenvalue weighted by Crippen LogP contribution is 2.23. The van der Waals surface area contributed by atoms with Gasteiger partial charge in [-0.05, 0) is 35.7 Å². The molecule has 0 spiro atoms. The molecule has 1 aliphatic rings. The normalized spacial score (nSPS) is 23.7. The number of ether oxygens (including phenoxy) is 1. The molecule has 0 bridgehead atoms. The lowest BCUT2D eigenvalue weighted by Gasteiger charge is -2.18. The molecular formula is C8H12BrN3OS. The maximum absolute atomic E-state index is 5.58. The van der Waals surface area contributed by atoms with E-state index in [9.17, 15) is 0 Å². The summed E-state index contributed by atoms with van der Waals surface area (Å²) in [5, 5.41) is 12.0. The van der Waals surface area contributed by atoms with Crippen LogP contribution in [0.5, 0.6) is 0 Å². The second-order valence-electron chi connectivity index (χ2n) is 3.34. The van der Waals surface area contributed by atoms with Gasteiger partial charge in [0, 0.05) is 6.61 Å². The van der Waals surface area contributed by atoms with E-state index in [4.69, 9.17) is 4.74 Å². The fourth-order valence-electron chi connectivity index (χ4n) is 1.55. The van der Waals surface area contributed by atoms with Crippen molar-refractivity contribution in [2.45, 2.75) is 31.9 Å². The molecule has 0 aliphatic carbocycles. The van der Waals surface area contributed by atoms with Gasteiger partial charge in [0.2, 0.25) is 5.13 Å². The lowest BCUT2D eigenvalue weighted by atomic mass is 10.1. The van der Waals surface area contributed by atoms with Gasteiger partial charge in [0.15, 0.2) is 3.92 Å². The van der Waals surface area contributed by atoms with Gasteiger partial charge >= 0.3 is 0 Å². The fraction of sp³-hybridized carbons (Fsp3) is 0.750. The van der Waals surface area contributed by atoms with Crippen molar-refractivity contribution in [3.8, 4) is 0 Å². The van der Waals surface area contributed by atoms with Crippen LogP contribution in [-0.4, -0.2) is 29.0 Å². The Morgan fingerprint density at radius 1 is 1.64 bits per heavy atom. The number of aromatic nitrogens is 2. The molecule has 78 valence electrons. The van der Waals surface area contributed by atoms with Gasteiger partial charge in [0.05, 0.1) is 12.1 Å². The quantitative estimate of drug-likeness (QED) is 0.921. The van der Waals surface area contributed by atoms with Crippen molar-refractivity contribution in [3.63, 3.8) is 0 Å². The van der Waals surface area contributed by atoms with Crippen molar-refractivity contribution in [1.82, 2.24) is 10.2 Å². The largest absolute Gasteiger partial charge is 0.376 e. The van der Waals surface area contributed by atoms with Crippen LogP contribution in [0.3, 0.4) is 0 Å². The van der Waals surface area contributed by atoms with Gasteiger partial charge in [0.1, 0.15) is 0 Å². The molecule has 1 aromatic rings. The standard InChI is InChI=1S/C8H12BrN3OS/c1-5(6-3-2-4-13-6)10-8-12-11-7(9)14-8/h5-6H,2-4H2,1H3,(H,10,12). The van der Waals surface area contributed by atoms with Crippen LogP contribution in [0.25, 0.3) is 0 Å². The van der Waals surface area contributed by atoms with E-state index in [1.807, 2.05) is 0 Å². The third-order valence-corrected chi connectivity index (χ3v) is 3.56. The van der Waals surface area contributed by atoms with Gasteiger partial charge in [0.25, 0.3) is 0 Å². The van der Waals surface area contributed by atoms with Crippen LogP contribution in [0.1, 0.15) is 19.8 Å². The number of hydrogen-bond donors (Lipinski definition) is 1. The lowest BCUT2D eigenvalue weighted by Crippen LogP contribution is -2.29. The molecule has 6 heteroatoms. The summed E-state index contributed by atoms with van der Waals surface area (Å²) in [5.74, 6) is 0. The van der Waals surface area contributed by atoms with E-state index in [1.165, 1.54) is 11.3 Å². The Morgan fingerprint density at radius 2 is 2.50 bits per heavy atom. The molecule has 1 aromatic heterocycles. The molecule has 1 saturated heterocycles. The summed E-state index contributed by atoms with van der Waals surface area (Å²) in [6.07, 6.45) is 2.61. The minimum absolute atomic E-state index is 0.303. The van der Waals surface area contributed by atoms with E-state index in [-0.39, 0.29) is 0 Å². The number of rotatable bonds is 3. The van der Waals surface area contributed by atoms with E-state index >= 15 is 0 Å². The first-order valence-electron chi connectivity index (χ1n) is 4.63. The molecule has 2 rings (SSSR count). The maximum atomic E-state index is 5.58. The Bertz CT molecular complexity index is 301. The van der Waals surface area contributed by atoms with Gasteiger partial charge in [-0.15, -0.1) is 10.2 Å². The average molecular weight is 278 g/mol. The zero-order valence-electron chi connectivity index (χ0n) is 7.86. The van der Waals surface area contributed by atoms with Crippen LogP contribution in [0.15, 0.2) is 3.92 Å². The highest BCUT2D eigenvalue weighted by Gasteiger charge is 2.22. The van der Waals surface area contributed by atoms with E-state index in [0.29, 0.717) is 12.1 Å². The van der Waals surface area contributed by atoms with Gasteiger partial charge in [-0.25, -0.2) is 0 Å². The maximum Gasteiger partial charge on any atom is 0.206 e. The van der Waals surface area contributed by atoms with Crippen molar-refractivity contribution in [2.24, 2.45) is 0 Å². The smallest absolute Gasteiger partial charge is 0.206 e. The summed E-state index contributed by atoms with van der Waals surface area (Å²) in [6, 6.07) is 0.303. The minimum atomic E-state index is 0.303. The molecule has 4 nitrogen and oxygen atoms in total. The molecule has 0 radical (unpaired) electrons. The van der Waals surface area contributed by atoms with Crippen LogP contribution in [0.4, 0.5) is 5.13 Å². The summed E-state index contributed by atoms with van der Waals surface area (Å²) in [7, 11) is 0. The number of halogens is 1. The third-order valence-electron chi connectivity index (χ3n) is 2.27. The predicted octanol–water partition coefficient (Wildman–Crippen LogP) is 2.28. The fourth-order valence-corrected chi connectivity index (χ4v) is 2.66. The van der Waals surface area contributed by atoms with Crippen LogP contribution in [0.2, 0.25) is 0 Å². The van der Waals surface area contributed by atoms with E-state index < -0.39 is 0 Å². The Hall–Kier alpha value is -0.200. The number of nitrogens with zero attached hydrogens (tertiary/aromatic N) is 2. The molecule has 0 saturated carbocycles. The molecule has 2 unspecified atom stereocenters. The highest BCUT2D eigenvalue weighted by molar-refractivity contribution is 9.11. The van der Waals surface area contributed by atoms with E-state index in [1.54, 1.807) is 0 Å². The second kappa shape index (κ2) is 4.55. The van der Waals surface area contributed by atoms with Crippen LogP contribution in [0, 0.1) is 0 Å². The summed E-state index contributed by atoms with van der Waals surface area (Å²) in [4.78, 5) is 0. The van der Waals surface area contributed by atoms with Gasteiger partial charge in [-0.3, -0.25) is 0 Å². The molecule has 0 aromatic carbocycles. The monoisotopic (exact) mass is 277 g/mol. The first-order valence-corrected chi connectivity index (χ1v) is 6.24. The lowest BCUT2D eigenvalue weighted by molar-refractivity contribution is 0.0996. The first-order chi connectivity index (χ1) is 6.75. The Labute approximate surface area is 95.2 Å². The molecular weight excluding hydrogens is 266 g/mol. The average Bonchev–Trinajstić information content (AvgIpc) is 2.75. The van der Waals surface area contributed by atoms with Crippen molar-refractivity contribution in [1.29, 1.82) is 0 Å². The summed E-state index contributed by atoms with van der Waals surface area (Å²) < 4.78 is 6.38. The Kier molecular flexibility index (Phi) is 3.35. The number of nitrogens with one attached hydrogen (secondary N) is 1. The second-order valence-corrected chi connectivity index (χ2v) is 5.60. The Morgan fingerprint density at radius 3 is 3.07 bits per heavy atom. The summed E-state index contributed by atoms with van der Waals surface area (Å²) >= 11 is 4.78. The number of hydrogen-bond acceptors (Lipinski definition) is 5. The SMILES string of the molecule is CC(Nc1nnc(Br)s1)C1CCCO1. The van der Waals surface area contributed by atoms with E-state index in [0.717, 1.165) is 28.5 Å². The zero-order chi connectivity index (χ0) is 9.97. The van der Waals surface area contributed by atoms with Gasteiger partial charge in [-0.1, -0.05) is 11.3 Å². The molecule has 2 atom stereocenters. The molecule has 1 aliphatic heterocycles. The highest BCUT2D eigenvalue weighted by atomic mass is 79.9. The van der Waals surface area contributed by atoms with Gasteiger partial charge < -0.3 is 10.1 Å². The summed E-state index contributed by atoms with van der Waals surface area (Å²) in [6.45, 7) is 3.00. The van der Waals surface area contributed by atoms with Gasteiger partial charge in [-0.2, -0.15) is 0 Å². The molecule has 0 amide bonds. The summed E-state index contributed by atoms with van der Waals surface area (Å²) in [5.41, 5.74) is 0.